The van der Waals surface area contributed by atoms with Gasteiger partial charge in [-0.15, -0.1) is 11.3 Å². The Bertz CT molecular complexity index is 3190. The Hall–Kier alpha value is -6.94. The van der Waals surface area contributed by atoms with E-state index < -0.39 is 0 Å². The van der Waals surface area contributed by atoms with E-state index in [9.17, 15) is 0 Å². The second kappa shape index (κ2) is 12.9. The molecule has 2 heterocycles. The second-order valence-electron chi connectivity index (χ2n) is 14.1. The van der Waals surface area contributed by atoms with E-state index in [1.54, 1.807) is 0 Å². The molecular formula is C52H33NOS. The van der Waals surface area contributed by atoms with E-state index in [-0.39, 0.29) is 0 Å². The third kappa shape index (κ3) is 5.32. The molecule has 258 valence electrons. The Labute approximate surface area is 322 Å². The molecule has 9 aromatic carbocycles. The minimum absolute atomic E-state index is 0.875. The van der Waals surface area contributed by atoms with Crippen LogP contribution in [0.25, 0.3) is 86.3 Å². The topological polar surface area (TPSA) is 16.4 Å². The second-order valence-corrected chi connectivity index (χ2v) is 15.2. The van der Waals surface area contributed by atoms with Gasteiger partial charge in [0.2, 0.25) is 0 Å². The molecule has 0 amide bonds. The summed E-state index contributed by atoms with van der Waals surface area (Å²) in [6, 6.07) is 72.2. The van der Waals surface area contributed by atoms with E-state index in [2.05, 4.69) is 205 Å². The molecule has 0 bridgehead atoms. The van der Waals surface area contributed by atoms with Gasteiger partial charge in [-0.2, -0.15) is 0 Å². The third-order valence-corrected chi connectivity index (χ3v) is 12.0. The predicted molar refractivity (Wildman–Crippen MR) is 235 cm³/mol. The van der Waals surface area contributed by atoms with Crippen LogP contribution in [0.2, 0.25) is 0 Å². The highest BCUT2D eigenvalue weighted by molar-refractivity contribution is 7.25. The minimum atomic E-state index is 0.875. The number of hydrogen-bond acceptors (Lipinski definition) is 3. The first-order chi connectivity index (χ1) is 27.3. The molecule has 11 aromatic rings. The van der Waals surface area contributed by atoms with Crippen molar-refractivity contribution >= 4 is 81.3 Å². The van der Waals surface area contributed by atoms with Gasteiger partial charge in [0.05, 0.1) is 11.1 Å². The molecule has 2 aromatic heterocycles. The number of thiophene rings is 1. The average Bonchev–Trinajstić information content (AvgIpc) is 3.84. The fourth-order valence-electron chi connectivity index (χ4n) is 8.25. The molecule has 0 atom stereocenters. The van der Waals surface area contributed by atoms with Crippen LogP contribution in [-0.4, -0.2) is 0 Å². The fraction of sp³-hybridized carbons (Fsp3) is 0. The van der Waals surface area contributed by atoms with Crippen molar-refractivity contribution in [1.82, 2.24) is 0 Å². The Morgan fingerprint density at radius 1 is 0.382 bits per heavy atom. The smallest absolute Gasteiger partial charge is 0.143 e. The molecule has 11 rings (SSSR count). The van der Waals surface area contributed by atoms with Crippen molar-refractivity contribution in [3.63, 3.8) is 0 Å². The summed E-state index contributed by atoms with van der Waals surface area (Å²) in [5.41, 5.74) is 12.3. The van der Waals surface area contributed by atoms with Crippen molar-refractivity contribution in [2.24, 2.45) is 0 Å². The van der Waals surface area contributed by atoms with Crippen LogP contribution in [0.15, 0.2) is 205 Å². The standard InChI is InChI=1S/C52H33NOS/c1-3-12-35(13-4-1)41-29-25-38(32-45(41)36-14-5-2-6-15-36)34-22-26-39(27-23-34)53(40-28-31-50-46(33-40)43-18-9-10-21-49(43)55-50)47-19-11-20-48-51(47)44-30-24-37-16-7-8-17-42(37)52(44)54-48/h1-33H. The Balaban J connectivity index is 1.09. The zero-order chi connectivity index (χ0) is 36.3. The van der Waals surface area contributed by atoms with Crippen molar-refractivity contribution in [3.05, 3.63) is 200 Å². The molecule has 0 fully saturated rings. The molecule has 3 heteroatoms. The number of rotatable bonds is 6. The summed E-state index contributed by atoms with van der Waals surface area (Å²) in [5, 5.41) is 7.06. The van der Waals surface area contributed by atoms with Gasteiger partial charge in [0.1, 0.15) is 11.2 Å². The predicted octanol–water partition coefficient (Wildman–Crippen LogP) is 15.6. The molecule has 0 aliphatic heterocycles. The third-order valence-electron chi connectivity index (χ3n) is 10.9. The fourth-order valence-corrected chi connectivity index (χ4v) is 9.34. The van der Waals surface area contributed by atoms with Crippen LogP contribution in [-0.2, 0) is 0 Å². The molecule has 0 aliphatic rings. The average molecular weight is 720 g/mol. The number of hydrogen-bond donors (Lipinski definition) is 0. The summed E-state index contributed by atoms with van der Waals surface area (Å²) in [7, 11) is 0. The van der Waals surface area contributed by atoms with Crippen LogP contribution in [0.4, 0.5) is 17.1 Å². The van der Waals surface area contributed by atoms with Gasteiger partial charge in [0.15, 0.2) is 0 Å². The molecule has 0 radical (unpaired) electrons. The van der Waals surface area contributed by atoms with Gasteiger partial charge in [-0.05, 0) is 99.4 Å². The zero-order valence-electron chi connectivity index (χ0n) is 29.8. The van der Waals surface area contributed by atoms with Gasteiger partial charge >= 0.3 is 0 Å². The van der Waals surface area contributed by atoms with Crippen molar-refractivity contribution in [1.29, 1.82) is 0 Å². The number of benzene rings is 9. The van der Waals surface area contributed by atoms with Crippen LogP contribution >= 0.6 is 11.3 Å². The summed E-state index contributed by atoms with van der Waals surface area (Å²) in [6.07, 6.45) is 0. The van der Waals surface area contributed by atoms with Gasteiger partial charge in [-0.25, -0.2) is 0 Å². The first-order valence-corrected chi connectivity index (χ1v) is 19.5. The highest BCUT2D eigenvalue weighted by atomic mass is 32.1. The molecule has 0 unspecified atom stereocenters. The van der Waals surface area contributed by atoms with Crippen LogP contribution in [0.5, 0.6) is 0 Å². The lowest BCUT2D eigenvalue weighted by molar-refractivity contribution is 0.672. The maximum atomic E-state index is 6.68. The maximum Gasteiger partial charge on any atom is 0.143 e. The molecule has 55 heavy (non-hydrogen) atoms. The van der Waals surface area contributed by atoms with Gasteiger partial charge in [-0.1, -0.05) is 140 Å². The number of anilines is 3. The zero-order valence-corrected chi connectivity index (χ0v) is 30.6. The van der Waals surface area contributed by atoms with Crippen LogP contribution in [0.3, 0.4) is 0 Å². The Morgan fingerprint density at radius 3 is 1.87 bits per heavy atom. The molecular weight excluding hydrogens is 687 g/mol. The van der Waals surface area contributed by atoms with Crippen LogP contribution in [0.1, 0.15) is 0 Å². The summed E-state index contributed by atoms with van der Waals surface area (Å²) >= 11 is 1.85. The number of fused-ring (bicyclic) bond motifs is 8. The Kier molecular flexibility index (Phi) is 7.39. The lowest BCUT2D eigenvalue weighted by Gasteiger charge is -2.26. The van der Waals surface area contributed by atoms with Gasteiger partial charge in [0.25, 0.3) is 0 Å². The lowest BCUT2D eigenvalue weighted by Crippen LogP contribution is -2.10. The van der Waals surface area contributed by atoms with E-state index in [1.165, 1.54) is 58.9 Å². The van der Waals surface area contributed by atoms with Crippen LogP contribution in [0, 0.1) is 0 Å². The summed E-state index contributed by atoms with van der Waals surface area (Å²) in [4.78, 5) is 2.40. The first kappa shape index (κ1) is 31.6. The molecule has 0 N–H and O–H groups in total. The van der Waals surface area contributed by atoms with Gasteiger partial charge < -0.3 is 9.32 Å². The van der Waals surface area contributed by atoms with E-state index in [1.807, 2.05) is 11.3 Å². The van der Waals surface area contributed by atoms with E-state index in [4.69, 9.17) is 4.42 Å². The van der Waals surface area contributed by atoms with E-state index in [0.717, 1.165) is 44.4 Å². The normalized spacial score (nSPS) is 11.6. The van der Waals surface area contributed by atoms with Gasteiger partial charge in [-0.3, -0.25) is 0 Å². The number of furan rings is 1. The first-order valence-electron chi connectivity index (χ1n) is 18.7. The lowest BCUT2D eigenvalue weighted by atomic mass is 9.91. The number of nitrogens with zero attached hydrogens (tertiary/aromatic N) is 1. The quantitative estimate of drug-likeness (QED) is 0.170. The van der Waals surface area contributed by atoms with Crippen molar-refractivity contribution in [2.45, 2.75) is 0 Å². The molecule has 0 aliphatic carbocycles. The SMILES string of the molecule is c1ccc(-c2ccc(-c3ccc(N(c4ccc5sc6ccccc6c5c4)c4cccc5oc6c7ccccc7ccc6c45)cc3)cc2-c2ccccc2)cc1. The maximum absolute atomic E-state index is 6.68. The Morgan fingerprint density at radius 2 is 1.05 bits per heavy atom. The summed E-state index contributed by atoms with van der Waals surface area (Å²) in [6.45, 7) is 0. The highest BCUT2D eigenvalue weighted by Crippen LogP contribution is 2.46. The highest BCUT2D eigenvalue weighted by Gasteiger charge is 2.21. The molecule has 0 saturated heterocycles. The largest absolute Gasteiger partial charge is 0.455 e. The van der Waals surface area contributed by atoms with Crippen molar-refractivity contribution < 1.29 is 4.42 Å². The minimum Gasteiger partial charge on any atom is -0.455 e. The van der Waals surface area contributed by atoms with Crippen molar-refractivity contribution in [2.75, 3.05) is 4.90 Å². The monoisotopic (exact) mass is 719 g/mol. The van der Waals surface area contributed by atoms with E-state index >= 15 is 0 Å². The molecule has 0 saturated carbocycles. The molecule has 2 nitrogen and oxygen atoms in total. The molecule has 0 spiro atoms. The summed E-state index contributed by atoms with van der Waals surface area (Å²) < 4.78 is 9.27. The van der Waals surface area contributed by atoms with Crippen LogP contribution < -0.4 is 4.90 Å². The van der Waals surface area contributed by atoms with E-state index in [0.29, 0.717) is 0 Å². The van der Waals surface area contributed by atoms with Gasteiger partial charge in [0, 0.05) is 42.3 Å². The summed E-state index contributed by atoms with van der Waals surface area (Å²) in [5.74, 6) is 0. The van der Waals surface area contributed by atoms with Crippen molar-refractivity contribution in [3.8, 4) is 33.4 Å².